The highest BCUT2D eigenvalue weighted by Crippen LogP contribution is 2.23. The molecule has 7 heteroatoms. The molecule has 0 radical (unpaired) electrons. The first-order chi connectivity index (χ1) is 9.24. The molecule has 1 saturated heterocycles. The molecule has 2 aromatic rings. The lowest BCUT2D eigenvalue weighted by Crippen LogP contribution is -2.35. The summed E-state index contributed by atoms with van der Waals surface area (Å²) in [6.45, 7) is 1.16. The Bertz CT molecular complexity index is 567. The van der Waals surface area contributed by atoms with Crippen LogP contribution in [0.1, 0.15) is 18.7 Å². The van der Waals surface area contributed by atoms with Gasteiger partial charge >= 0.3 is 5.97 Å². The summed E-state index contributed by atoms with van der Waals surface area (Å²) in [5, 5.41) is 15.0. The number of carboxylic acids is 1. The highest BCUT2D eigenvalue weighted by atomic mass is 32.1. The summed E-state index contributed by atoms with van der Waals surface area (Å²) < 4.78 is 5.19. The minimum atomic E-state index is -0.782. The number of carbonyl (C=O) groups is 1. The summed E-state index contributed by atoms with van der Waals surface area (Å²) in [5.74, 6) is 0.253. The van der Waals surface area contributed by atoms with Crippen molar-refractivity contribution in [1.29, 1.82) is 0 Å². The monoisotopic (exact) mass is 279 g/mol. The van der Waals surface area contributed by atoms with E-state index in [1.807, 2.05) is 22.4 Å². The second kappa shape index (κ2) is 5.10. The average molecular weight is 279 g/mol. The lowest BCUT2D eigenvalue weighted by molar-refractivity contribution is -0.142. The van der Waals surface area contributed by atoms with Gasteiger partial charge in [0.15, 0.2) is 0 Å². The van der Waals surface area contributed by atoms with E-state index < -0.39 is 12.0 Å². The number of hydrogen-bond donors (Lipinski definition) is 1. The van der Waals surface area contributed by atoms with Crippen molar-refractivity contribution in [2.75, 3.05) is 6.54 Å². The maximum Gasteiger partial charge on any atom is 0.320 e. The number of rotatable bonds is 4. The van der Waals surface area contributed by atoms with Crippen LogP contribution in [0.5, 0.6) is 0 Å². The molecule has 0 aromatic carbocycles. The fourth-order valence-electron chi connectivity index (χ4n) is 2.29. The van der Waals surface area contributed by atoms with Gasteiger partial charge in [-0.1, -0.05) is 11.2 Å². The summed E-state index contributed by atoms with van der Waals surface area (Å²) >= 11 is 1.54. The zero-order chi connectivity index (χ0) is 13.2. The fourth-order valence-corrected chi connectivity index (χ4v) is 2.94. The van der Waals surface area contributed by atoms with E-state index in [0.29, 0.717) is 24.7 Å². The van der Waals surface area contributed by atoms with Gasteiger partial charge in [-0.05, 0) is 30.8 Å². The molecule has 1 N–H and O–H groups in total. The van der Waals surface area contributed by atoms with Crippen LogP contribution in [0.3, 0.4) is 0 Å². The van der Waals surface area contributed by atoms with E-state index in [4.69, 9.17) is 9.63 Å². The third-order valence-corrected chi connectivity index (χ3v) is 4.06. The molecule has 1 fully saturated rings. The smallest absolute Gasteiger partial charge is 0.320 e. The van der Waals surface area contributed by atoms with Crippen molar-refractivity contribution in [2.24, 2.45) is 0 Å². The highest BCUT2D eigenvalue weighted by molar-refractivity contribution is 7.13. The summed E-state index contributed by atoms with van der Waals surface area (Å²) in [7, 11) is 0. The summed E-state index contributed by atoms with van der Waals surface area (Å²) in [6, 6.07) is 3.42. The number of aromatic nitrogens is 2. The Morgan fingerprint density at radius 2 is 2.53 bits per heavy atom. The minimum absolute atomic E-state index is 0.398. The first-order valence-electron chi connectivity index (χ1n) is 6.07. The summed E-state index contributed by atoms with van der Waals surface area (Å²) in [4.78, 5) is 18.2. The molecule has 1 atom stereocenters. The molecule has 3 rings (SSSR count). The summed E-state index contributed by atoms with van der Waals surface area (Å²) in [5.41, 5.74) is 0. The van der Waals surface area contributed by atoms with E-state index in [9.17, 15) is 4.79 Å². The average Bonchev–Trinajstić information content (AvgIpc) is 3.09. The van der Waals surface area contributed by atoms with Gasteiger partial charge in [0.2, 0.25) is 11.7 Å². The van der Waals surface area contributed by atoms with Gasteiger partial charge in [-0.2, -0.15) is 4.98 Å². The predicted molar refractivity (Wildman–Crippen MR) is 68.7 cm³/mol. The van der Waals surface area contributed by atoms with E-state index >= 15 is 0 Å². The van der Waals surface area contributed by atoms with Gasteiger partial charge in [0.25, 0.3) is 0 Å². The van der Waals surface area contributed by atoms with Crippen LogP contribution in [-0.2, 0) is 11.3 Å². The number of aliphatic carboxylic acids is 1. The first kappa shape index (κ1) is 12.3. The van der Waals surface area contributed by atoms with Crippen LogP contribution in [0.4, 0.5) is 0 Å². The van der Waals surface area contributed by atoms with Crippen LogP contribution in [-0.4, -0.2) is 38.7 Å². The molecule has 1 aliphatic heterocycles. The maximum atomic E-state index is 11.1. The van der Waals surface area contributed by atoms with Crippen LogP contribution >= 0.6 is 11.3 Å². The Labute approximate surface area is 113 Å². The molecule has 19 heavy (non-hydrogen) atoms. The maximum absolute atomic E-state index is 11.1. The van der Waals surface area contributed by atoms with Gasteiger partial charge in [0.05, 0.1) is 11.4 Å². The van der Waals surface area contributed by atoms with E-state index in [1.54, 1.807) is 11.3 Å². The van der Waals surface area contributed by atoms with Crippen molar-refractivity contribution < 1.29 is 14.4 Å². The number of hydrogen-bond acceptors (Lipinski definition) is 6. The van der Waals surface area contributed by atoms with Gasteiger partial charge in [-0.25, -0.2) is 0 Å². The van der Waals surface area contributed by atoms with Crippen LogP contribution in [0.15, 0.2) is 22.0 Å². The molecule has 100 valence electrons. The third kappa shape index (κ3) is 2.52. The van der Waals surface area contributed by atoms with Crippen molar-refractivity contribution in [3.8, 4) is 10.7 Å². The van der Waals surface area contributed by atoms with Crippen LogP contribution < -0.4 is 0 Å². The molecular weight excluding hydrogens is 266 g/mol. The normalized spacial score (nSPS) is 19.9. The molecule has 2 aromatic heterocycles. The van der Waals surface area contributed by atoms with Crippen molar-refractivity contribution in [3.63, 3.8) is 0 Å². The van der Waals surface area contributed by atoms with Crippen molar-refractivity contribution in [2.45, 2.75) is 25.4 Å². The van der Waals surface area contributed by atoms with Crippen molar-refractivity contribution in [1.82, 2.24) is 15.0 Å². The van der Waals surface area contributed by atoms with Crippen molar-refractivity contribution >= 4 is 17.3 Å². The van der Waals surface area contributed by atoms with E-state index in [2.05, 4.69) is 10.1 Å². The minimum Gasteiger partial charge on any atom is -0.480 e. The second-order valence-corrected chi connectivity index (χ2v) is 5.40. The van der Waals surface area contributed by atoms with Gasteiger partial charge in [0, 0.05) is 0 Å². The van der Waals surface area contributed by atoms with E-state index in [-0.39, 0.29) is 0 Å². The standard InChI is InChI=1S/C12H13N3O3S/c16-12(17)8-3-1-5-15(8)7-10-13-11(14-18-10)9-4-2-6-19-9/h2,4,6,8H,1,3,5,7H2,(H,16,17)/t8-/m0/s1. The van der Waals surface area contributed by atoms with E-state index in [1.165, 1.54) is 0 Å². The van der Waals surface area contributed by atoms with Crippen LogP contribution in [0.25, 0.3) is 10.7 Å². The Morgan fingerprint density at radius 3 is 3.26 bits per heavy atom. The zero-order valence-electron chi connectivity index (χ0n) is 10.2. The fraction of sp³-hybridized carbons (Fsp3) is 0.417. The highest BCUT2D eigenvalue weighted by Gasteiger charge is 2.31. The first-order valence-corrected chi connectivity index (χ1v) is 6.95. The lowest BCUT2D eigenvalue weighted by Gasteiger charge is -2.18. The van der Waals surface area contributed by atoms with Gasteiger partial charge in [-0.15, -0.1) is 11.3 Å². The number of carboxylic acid groups (broad SMARTS) is 1. The molecule has 0 saturated carbocycles. The zero-order valence-corrected chi connectivity index (χ0v) is 11.0. The summed E-state index contributed by atoms with van der Waals surface area (Å²) in [6.07, 6.45) is 1.57. The van der Waals surface area contributed by atoms with Crippen molar-refractivity contribution in [3.05, 3.63) is 23.4 Å². The molecular formula is C12H13N3O3S. The quantitative estimate of drug-likeness (QED) is 0.920. The molecule has 0 unspecified atom stereocenters. The van der Waals surface area contributed by atoms with E-state index in [0.717, 1.165) is 17.8 Å². The lowest BCUT2D eigenvalue weighted by atomic mass is 10.2. The molecule has 0 bridgehead atoms. The van der Waals surface area contributed by atoms with Gasteiger partial charge in [0.1, 0.15) is 6.04 Å². The number of likely N-dealkylation sites (tertiary alicyclic amines) is 1. The van der Waals surface area contributed by atoms with Gasteiger partial charge < -0.3 is 9.63 Å². The Kier molecular flexibility index (Phi) is 3.31. The second-order valence-electron chi connectivity index (χ2n) is 4.46. The van der Waals surface area contributed by atoms with Crippen LogP contribution in [0, 0.1) is 0 Å². The predicted octanol–water partition coefficient (Wildman–Crippen LogP) is 1.85. The number of nitrogens with zero attached hydrogens (tertiary/aromatic N) is 3. The van der Waals surface area contributed by atoms with Crippen LogP contribution in [0.2, 0.25) is 0 Å². The van der Waals surface area contributed by atoms with Gasteiger partial charge in [-0.3, -0.25) is 9.69 Å². The SMILES string of the molecule is O=C(O)[C@@H]1CCCN1Cc1nc(-c2cccs2)no1. The Morgan fingerprint density at radius 1 is 1.63 bits per heavy atom. The Hall–Kier alpha value is -1.73. The molecule has 1 aliphatic rings. The molecule has 3 heterocycles. The topological polar surface area (TPSA) is 79.5 Å². The molecule has 0 spiro atoms. The largest absolute Gasteiger partial charge is 0.480 e. The Balaban J connectivity index is 1.72. The molecule has 0 aliphatic carbocycles. The third-order valence-electron chi connectivity index (χ3n) is 3.20. The molecule has 0 amide bonds. The number of thiophene rings is 1. The molecule has 6 nitrogen and oxygen atoms in total.